The molecule has 0 fully saturated rings. The molecule has 0 atom stereocenters. The quantitative estimate of drug-likeness (QED) is 0.808. The average molecular weight is 348 g/mol. The second-order valence-corrected chi connectivity index (χ2v) is 5.26. The minimum atomic E-state index is -2.94. The molecule has 0 saturated carbocycles. The molecule has 7 heteroatoms. The van der Waals surface area contributed by atoms with Crippen molar-refractivity contribution < 1.29 is 23.1 Å². The van der Waals surface area contributed by atoms with Crippen molar-refractivity contribution >= 4 is 11.8 Å². The van der Waals surface area contributed by atoms with Crippen LogP contribution in [0.2, 0.25) is 0 Å². The molecule has 132 valence electrons. The lowest BCUT2D eigenvalue weighted by Crippen LogP contribution is -2.36. The summed E-state index contributed by atoms with van der Waals surface area (Å²) >= 11 is 0. The van der Waals surface area contributed by atoms with Crippen molar-refractivity contribution in [1.29, 1.82) is 0 Å². The number of hydrogen-bond acceptors (Lipinski definition) is 3. The zero-order valence-electron chi connectivity index (χ0n) is 13.6. The zero-order chi connectivity index (χ0) is 18.2. The molecule has 0 aliphatic heterocycles. The van der Waals surface area contributed by atoms with Crippen LogP contribution in [0.15, 0.2) is 48.5 Å². The van der Waals surface area contributed by atoms with E-state index in [1.165, 1.54) is 6.07 Å². The summed E-state index contributed by atoms with van der Waals surface area (Å²) < 4.78 is 29.1. The first-order chi connectivity index (χ1) is 12.0. The van der Waals surface area contributed by atoms with E-state index in [1.54, 1.807) is 43.3 Å². The lowest BCUT2D eigenvalue weighted by molar-refractivity contribution is -0.120. The Balaban J connectivity index is 1.85. The van der Waals surface area contributed by atoms with Gasteiger partial charge in [-0.05, 0) is 24.6 Å². The van der Waals surface area contributed by atoms with Gasteiger partial charge in [-0.15, -0.1) is 0 Å². The number of rotatable bonds is 7. The van der Waals surface area contributed by atoms with Crippen molar-refractivity contribution in [2.24, 2.45) is 0 Å². The van der Waals surface area contributed by atoms with Crippen LogP contribution in [-0.2, 0) is 11.3 Å². The third kappa shape index (κ3) is 5.56. The molecule has 2 aromatic rings. The molecule has 0 radical (unpaired) electrons. The molecule has 2 rings (SSSR count). The number of carbonyl (C=O) groups excluding carboxylic acids is 2. The minimum Gasteiger partial charge on any atom is -0.434 e. The van der Waals surface area contributed by atoms with Crippen LogP contribution in [0, 0.1) is 6.92 Å². The fraction of sp³-hybridized carbons (Fsp3) is 0.222. The number of carbonyl (C=O) groups is 2. The third-order valence-electron chi connectivity index (χ3n) is 3.46. The van der Waals surface area contributed by atoms with Crippen LogP contribution in [0.25, 0.3) is 0 Å². The average Bonchev–Trinajstić information content (AvgIpc) is 2.59. The van der Waals surface area contributed by atoms with Crippen LogP contribution in [0.5, 0.6) is 5.75 Å². The number of benzene rings is 2. The normalized spacial score (nSPS) is 10.4. The highest BCUT2D eigenvalue weighted by Gasteiger charge is 2.12. The van der Waals surface area contributed by atoms with Gasteiger partial charge in [0.15, 0.2) is 0 Å². The van der Waals surface area contributed by atoms with Gasteiger partial charge in [-0.2, -0.15) is 8.78 Å². The molecule has 25 heavy (non-hydrogen) atoms. The Kier molecular flexibility index (Phi) is 6.45. The van der Waals surface area contributed by atoms with Gasteiger partial charge in [0.25, 0.3) is 5.91 Å². The first-order valence-corrected chi connectivity index (χ1v) is 7.60. The Morgan fingerprint density at radius 3 is 2.44 bits per heavy atom. The van der Waals surface area contributed by atoms with Crippen molar-refractivity contribution in [3.8, 4) is 5.75 Å². The van der Waals surface area contributed by atoms with Crippen molar-refractivity contribution in [3.05, 3.63) is 65.2 Å². The van der Waals surface area contributed by atoms with E-state index in [2.05, 4.69) is 15.4 Å². The maximum Gasteiger partial charge on any atom is 0.387 e. The molecule has 0 saturated heterocycles. The molecule has 2 amide bonds. The van der Waals surface area contributed by atoms with Gasteiger partial charge >= 0.3 is 6.61 Å². The van der Waals surface area contributed by atoms with E-state index in [1.807, 2.05) is 6.07 Å². The molecule has 0 spiro atoms. The predicted molar refractivity (Wildman–Crippen MR) is 88.4 cm³/mol. The highest BCUT2D eigenvalue weighted by atomic mass is 19.3. The highest BCUT2D eigenvalue weighted by molar-refractivity contribution is 5.97. The monoisotopic (exact) mass is 348 g/mol. The third-order valence-corrected chi connectivity index (χ3v) is 3.46. The molecule has 2 N–H and O–H groups in total. The van der Waals surface area contributed by atoms with Crippen LogP contribution in [-0.4, -0.2) is 25.0 Å². The number of ether oxygens (including phenoxy) is 1. The molecular weight excluding hydrogens is 330 g/mol. The topological polar surface area (TPSA) is 67.4 Å². The Morgan fingerprint density at radius 2 is 1.72 bits per heavy atom. The lowest BCUT2D eigenvalue weighted by atomic mass is 10.1. The van der Waals surface area contributed by atoms with E-state index >= 15 is 0 Å². The van der Waals surface area contributed by atoms with Gasteiger partial charge in [-0.25, -0.2) is 0 Å². The maximum atomic E-state index is 12.3. The van der Waals surface area contributed by atoms with Gasteiger partial charge in [0.1, 0.15) is 5.75 Å². The number of halogens is 2. The predicted octanol–water partition coefficient (Wildman–Crippen LogP) is 2.64. The molecule has 0 aliphatic rings. The summed E-state index contributed by atoms with van der Waals surface area (Å²) in [5.74, 6) is -0.787. The van der Waals surface area contributed by atoms with Crippen molar-refractivity contribution in [2.75, 3.05) is 6.54 Å². The fourth-order valence-electron chi connectivity index (χ4n) is 2.20. The first kappa shape index (κ1) is 18.4. The van der Waals surface area contributed by atoms with E-state index in [-0.39, 0.29) is 24.7 Å². The molecule has 0 unspecified atom stereocenters. The van der Waals surface area contributed by atoms with E-state index in [9.17, 15) is 18.4 Å². The number of amides is 2. The van der Waals surface area contributed by atoms with Crippen LogP contribution < -0.4 is 15.4 Å². The zero-order valence-corrected chi connectivity index (χ0v) is 13.6. The Labute approximate surface area is 144 Å². The molecule has 5 nitrogen and oxygen atoms in total. The van der Waals surface area contributed by atoms with Crippen LogP contribution in [0.4, 0.5) is 8.78 Å². The summed E-state index contributed by atoms with van der Waals surface area (Å²) in [7, 11) is 0. The molecule has 0 bridgehead atoms. The van der Waals surface area contributed by atoms with Crippen LogP contribution >= 0.6 is 0 Å². The van der Waals surface area contributed by atoms with Crippen molar-refractivity contribution in [3.63, 3.8) is 0 Å². The van der Waals surface area contributed by atoms with Crippen molar-refractivity contribution in [1.82, 2.24) is 10.6 Å². The van der Waals surface area contributed by atoms with E-state index in [0.717, 1.165) is 5.56 Å². The van der Waals surface area contributed by atoms with Gasteiger partial charge in [-0.1, -0.05) is 36.4 Å². The number of para-hydroxylation sites is 1. The molecule has 0 aromatic heterocycles. The SMILES string of the molecule is Cc1ccccc1C(=O)NCC(=O)NCc1ccccc1OC(F)F. The van der Waals surface area contributed by atoms with Crippen molar-refractivity contribution in [2.45, 2.75) is 20.1 Å². The Bertz CT molecular complexity index is 751. The van der Waals surface area contributed by atoms with Gasteiger partial charge in [0.2, 0.25) is 5.91 Å². The first-order valence-electron chi connectivity index (χ1n) is 7.60. The minimum absolute atomic E-state index is 0.00162. The number of alkyl halides is 2. The summed E-state index contributed by atoms with van der Waals surface area (Å²) in [4.78, 5) is 23.9. The smallest absolute Gasteiger partial charge is 0.387 e. The Hall–Kier alpha value is -2.96. The maximum absolute atomic E-state index is 12.3. The molecule has 0 aliphatic carbocycles. The number of nitrogens with one attached hydrogen (secondary N) is 2. The molecular formula is C18H18F2N2O3. The van der Waals surface area contributed by atoms with Gasteiger partial charge in [0, 0.05) is 17.7 Å². The summed E-state index contributed by atoms with van der Waals surface area (Å²) in [6.07, 6.45) is 0. The second-order valence-electron chi connectivity index (χ2n) is 5.26. The van der Waals surface area contributed by atoms with Gasteiger partial charge in [-0.3, -0.25) is 9.59 Å². The van der Waals surface area contributed by atoms with Crippen LogP contribution in [0.3, 0.4) is 0 Å². The van der Waals surface area contributed by atoms with E-state index < -0.39 is 12.5 Å². The van der Waals surface area contributed by atoms with Gasteiger partial charge in [0.05, 0.1) is 6.54 Å². The summed E-state index contributed by atoms with van der Waals surface area (Å²) in [5, 5.41) is 5.08. The van der Waals surface area contributed by atoms with E-state index in [4.69, 9.17) is 0 Å². The Morgan fingerprint density at radius 1 is 1.04 bits per heavy atom. The fourth-order valence-corrected chi connectivity index (χ4v) is 2.20. The standard InChI is InChI=1S/C18H18F2N2O3/c1-12-6-2-4-8-14(12)17(24)22-11-16(23)21-10-13-7-3-5-9-15(13)25-18(19)20/h2-9,18H,10-11H2,1H3,(H,21,23)(H,22,24). The van der Waals surface area contributed by atoms with Crippen LogP contribution in [0.1, 0.15) is 21.5 Å². The number of aryl methyl sites for hydroxylation is 1. The van der Waals surface area contributed by atoms with Gasteiger partial charge < -0.3 is 15.4 Å². The molecule has 0 heterocycles. The lowest BCUT2D eigenvalue weighted by Gasteiger charge is -2.12. The summed E-state index contributed by atoms with van der Waals surface area (Å²) in [6.45, 7) is -1.34. The van der Waals surface area contributed by atoms with E-state index in [0.29, 0.717) is 11.1 Å². The number of hydrogen-bond donors (Lipinski definition) is 2. The summed E-state index contributed by atoms with van der Waals surface area (Å²) in [6, 6.07) is 13.2. The highest BCUT2D eigenvalue weighted by Crippen LogP contribution is 2.19. The molecule has 2 aromatic carbocycles. The second kappa shape index (κ2) is 8.77. The summed E-state index contributed by atoms with van der Waals surface area (Å²) in [5.41, 5.74) is 1.71. The largest absolute Gasteiger partial charge is 0.434 e.